The quantitative estimate of drug-likeness (QED) is 0.570. The van der Waals surface area contributed by atoms with Crippen LogP contribution in [0.3, 0.4) is 0 Å². The first-order chi connectivity index (χ1) is 16.9. The molecule has 192 valence electrons. The van der Waals surface area contributed by atoms with Gasteiger partial charge >= 0.3 is 0 Å². The van der Waals surface area contributed by atoms with E-state index in [-0.39, 0.29) is 33.2 Å². The smallest absolute Gasteiger partial charge is 0.256 e. The van der Waals surface area contributed by atoms with Gasteiger partial charge in [-0.2, -0.15) is 0 Å². The van der Waals surface area contributed by atoms with Gasteiger partial charge in [0, 0.05) is 43.2 Å². The molecule has 0 atom stereocenters. The van der Waals surface area contributed by atoms with E-state index in [1.807, 2.05) is 20.8 Å². The van der Waals surface area contributed by atoms with Crippen molar-refractivity contribution in [1.29, 1.82) is 0 Å². The van der Waals surface area contributed by atoms with E-state index in [1.165, 1.54) is 30.3 Å². The average Bonchev–Trinajstić information content (AvgIpc) is 2.81. The van der Waals surface area contributed by atoms with Crippen molar-refractivity contribution in [3.63, 3.8) is 0 Å². The molecule has 36 heavy (non-hydrogen) atoms. The van der Waals surface area contributed by atoms with Crippen LogP contribution >= 0.6 is 11.6 Å². The number of carbonyl (C=O) groups is 4. The molecule has 0 radical (unpaired) electrons. The third-order valence-electron chi connectivity index (χ3n) is 5.83. The lowest BCUT2D eigenvalue weighted by atomic mass is 9.91. The lowest BCUT2D eigenvalue weighted by molar-refractivity contribution is -0.134. The zero-order valence-electron chi connectivity index (χ0n) is 20.6. The summed E-state index contributed by atoms with van der Waals surface area (Å²) in [6.45, 7) is 6.90. The van der Waals surface area contributed by atoms with Gasteiger partial charge in [0.1, 0.15) is 12.4 Å². The highest BCUT2D eigenvalue weighted by Gasteiger charge is 2.29. The van der Waals surface area contributed by atoms with Crippen molar-refractivity contribution in [2.45, 2.75) is 27.2 Å². The number of benzene rings is 2. The van der Waals surface area contributed by atoms with E-state index in [0.29, 0.717) is 44.6 Å². The molecule has 1 aliphatic heterocycles. The first-order valence-electron chi connectivity index (χ1n) is 11.6. The highest BCUT2D eigenvalue weighted by molar-refractivity contribution is 6.30. The minimum atomic E-state index is -0.751. The molecule has 0 aliphatic carbocycles. The summed E-state index contributed by atoms with van der Waals surface area (Å²) >= 11 is 5.87. The summed E-state index contributed by atoms with van der Waals surface area (Å²) < 4.78 is 14.6. The van der Waals surface area contributed by atoms with Gasteiger partial charge in [-0.25, -0.2) is 4.39 Å². The Bertz CT molecular complexity index is 1170. The number of carbonyl (C=O) groups excluding carboxylic acids is 4. The van der Waals surface area contributed by atoms with Crippen molar-refractivity contribution in [1.82, 2.24) is 9.80 Å². The average molecular weight is 517 g/mol. The van der Waals surface area contributed by atoms with Gasteiger partial charge in [0.2, 0.25) is 18.2 Å². The number of rotatable bonds is 7. The Morgan fingerprint density at radius 1 is 1.06 bits per heavy atom. The van der Waals surface area contributed by atoms with Crippen molar-refractivity contribution in [2.75, 3.05) is 37.6 Å². The summed E-state index contributed by atoms with van der Waals surface area (Å²) in [5, 5.41) is 0.233. The summed E-state index contributed by atoms with van der Waals surface area (Å²) in [5.74, 6) is -1.69. The molecule has 1 heterocycles. The number of nitrogens with zero attached hydrogens (tertiary/aromatic N) is 3. The maximum atomic E-state index is 14.6. The lowest BCUT2D eigenvalue weighted by Crippen LogP contribution is -2.51. The number of nitrogens with two attached hydrogens (primary N) is 1. The number of amides is 4. The molecule has 2 N–H and O–H groups in total. The zero-order chi connectivity index (χ0) is 26.6. The van der Waals surface area contributed by atoms with E-state index in [2.05, 4.69) is 0 Å². The van der Waals surface area contributed by atoms with Crippen LogP contribution in [0.1, 0.15) is 37.6 Å². The number of halogens is 2. The molecule has 0 saturated carbocycles. The standard InChI is InChI=1S/C26H30ClFN4O4/c1-26(2,3)14-24(35)30-8-10-31(11-9-30)25(36)20-12-17(19-6-5-18(27)13-21(19)28)4-7-22(20)32(16-33)15-23(29)34/h4-7,12-13,16H,8-11,14-15H2,1-3H3,(H2,29,34). The Kier molecular flexibility index (Phi) is 8.35. The molecule has 10 heteroatoms. The molecule has 0 bridgehead atoms. The lowest BCUT2D eigenvalue weighted by Gasteiger charge is -2.36. The van der Waals surface area contributed by atoms with E-state index < -0.39 is 24.2 Å². The van der Waals surface area contributed by atoms with E-state index in [9.17, 15) is 23.6 Å². The third-order valence-corrected chi connectivity index (χ3v) is 6.07. The third kappa shape index (κ3) is 6.60. The van der Waals surface area contributed by atoms with Crippen molar-refractivity contribution in [3.8, 4) is 11.1 Å². The van der Waals surface area contributed by atoms with Crippen LogP contribution in [0.15, 0.2) is 36.4 Å². The highest BCUT2D eigenvalue weighted by Crippen LogP contribution is 2.31. The topological polar surface area (TPSA) is 104 Å². The van der Waals surface area contributed by atoms with Gasteiger partial charge in [0.15, 0.2) is 0 Å². The molecule has 2 aromatic carbocycles. The van der Waals surface area contributed by atoms with Crippen molar-refractivity contribution >= 4 is 41.4 Å². The first kappa shape index (κ1) is 27.1. The molecule has 0 unspecified atom stereocenters. The van der Waals surface area contributed by atoms with Crippen LogP contribution in [0.2, 0.25) is 5.02 Å². The SMILES string of the molecule is CC(C)(C)CC(=O)N1CCN(C(=O)c2cc(-c3ccc(Cl)cc3F)ccc2N(C=O)CC(N)=O)CC1. The molecular weight excluding hydrogens is 487 g/mol. The van der Waals surface area contributed by atoms with Crippen LogP contribution in [-0.4, -0.2) is 66.7 Å². The monoisotopic (exact) mass is 516 g/mol. The predicted molar refractivity (Wildman–Crippen MR) is 136 cm³/mol. The second-order valence-electron chi connectivity index (χ2n) is 9.97. The summed E-state index contributed by atoms with van der Waals surface area (Å²) in [6, 6.07) is 8.73. The molecule has 8 nitrogen and oxygen atoms in total. The zero-order valence-corrected chi connectivity index (χ0v) is 21.3. The fraction of sp³-hybridized carbons (Fsp3) is 0.385. The van der Waals surface area contributed by atoms with Gasteiger partial charge in [-0.1, -0.05) is 38.4 Å². The van der Waals surface area contributed by atoms with Gasteiger partial charge in [-0.05, 0) is 41.3 Å². The van der Waals surface area contributed by atoms with Crippen LogP contribution in [-0.2, 0) is 14.4 Å². The van der Waals surface area contributed by atoms with E-state index >= 15 is 0 Å². The largest absolute Gasteiger partial charge is 0.368 e. The van der Waals surface area contributed by atoms with Crippen molar-refractivity contribution < 1.29 is 23.6 Å². The molecule has 3 rings (SSSR count). The van der Waals surface area contributed by atoms with Gasteiger partial charge in [0.05, 0.1) is 11.3 Å². The van der Waals surface area contributed by atoms with Crippen LogP contribution in [0, 0.1) is 11.2 Å². The summed E-state index contributed by atoms with van der Waals surface area (Å²) in [7, 11) is 0. The number of piperazine rings is 1. The van der Waals surface area contributed by atoms with Crippen molar-refractivity contribution in [3.05, 3.63) is 52.8 Å². The summed E-state index contributed by atoms with van der Waals surface area (Å²) in [4.78, 5) is 53.8. The van der Waals surface area contributed by atoms with Gasteiger partial charge in [-0.15, -0.1) is 0 Å². The van der Waals surface area contributed by atoms with Crippen molar-refractivity contribution in [2.24, 2.45) is 11.1 Å². The molecule has 4 amide bonds. The van der Waals surface area contributed by atoms with Crippen LogP contribution in [0.5, 0.6) is 0 Å². The van der Waals surface area contributed by atoms with Gasteiger partial charge in [-0.3, -0.25) is 19.2 Å². The second-order valence-corrected chi connectivity index (χ2v) is 10.4. The summed E-state index contributed by atoms with van der Waals surface area (Å²) in [5.41, 5.74) is 6.06. The number of anilines is 1. The number of hydrogen-bond donors (Lipinski definition) is 1. The second kappa shape index (κ2) is 11.1. The molecule has 1 fully saturated rings. The minimum absolute atomic E-state index is 0.0316. The fourth-order valence-electron chi connectivity index (χ4n) is 4.09. The van der Waals surface area contributed by atoms with E-state index in [1.54, 1.807) is 15.9 Å². The number of hydrogen-bond acceptors (Lipinski definition) is 4. The van der Waals surface area contributed by atoms with Crippen LogP contribution in [0.25, 0.3) is 11.1 Å². The Morgan fingerprint density at radius 2 is 1.69 bits per heavy atom. The number of primary amides is 1. The normalized spacial score (nSPS) is 13.9. The molecular formula is C26H30ClFN4O4. The van der Waals surface area contributed by atoms with Crippen LogP contribution < -0.4 is 10.6 Å². The van der Waals surface area contributed by atoms with E-state index in [4.69, 9.17) is 17.3 Å². The predicted octanol–water partition coefficient (Wildman–Crippen LogP) is 3.31. The van der Waals surface area contributed by atoms with E-state index in [0.717, 1.165) is 4.90 Å². The molecule has 1 aliphatic rings. The maximum absolute atomic E-state index is 14.6. The maximum Gasteiger partial charge on any atom is 0.256 e. The highest BCUT2D eigenvalue weighted by atomic mass is 35.5. The van der Waals surface area contributed by atoms with Crippen LogP contribution in [0.4, 0.5) is 10.1 Å². The fourth-order valence-corrected chi connectivity index (χ4v) is 4.25. The molecule has 2 aromatic rings. The molecule has 0 spiro atoms. The first-order valence-corrected chi connectivity index (χ1v) is 11.9. The Morgan fingerprint density at radius 3 is 2.25 bits per heavy atom. The Labute approximate surface area is 214 Å². The van der Waals surface area contributed by atoms with Gasteiger partial charge < -0.3 is 20.4 Å². The Balaban J connectivity index is 1.92. The molecule has 0 aromatic heterocycles. The minimum Gasteiger partial charge on any atom is -0.368 e. The molecule has 1 saturated heterocycles. The van der Waals surface area contributed by atoms with Gasteiger partial charge in [0.25, 0.3) is 5.91 Å². The Hall–Kier alpha value is -3.46. The summed E-state index contributed by atoms with van der Waals surface area (Å²) in [6.07, 6.45) is 0.823.